The molecule has 1 aliphatic rings. The van der Waals surface area contributed by atoms with Gasteiger partial charge in [0, 0.05) is 28.8 Å². The maximum absolute atomic E-state index is 12.6. The SMILES string of the molecule is O=C(OCCN1CCCC1)c1ccccc1Nc1ccnc2cc(Cl)ccc12. The minimum atomic E-state index is -0.316. The maximum atomic E-state index is 12.6. The van der Waals surface area contributed by atoms with Crippen molar-refractivity contribution in [2.24, 2.45) is 0 Å². The van der Waals surface area contributed by atoms with E-state index >= 15 is 0 Å². The number of nitrogens with one attached hydrogen (secondary N) is 1. The van der Waals surface area contributed by atoms with Crippen molar-refractivity contribution in [3.63, 3.8) is 0 Å². The van der Waals surface area contributed by atoms with Crippen LogP contribution in [0.2, 0.25) is 5.02 Å². The molecular formula is C22H22ClN3O2. The van der Waals surface area contributed by atoms with Crippen molar-refractivity contribution < 1.29 is 9.53 Å². The van der Waals surface area contributed by atoms with Crippen LogP contribution in [-0.2, 0) is 4.74 Å². The second kappa shape index (κ2) is 8.59. The summed E-state index contributed by atoms with van der Waals surface area (Å²) >= 11 is 6.07. The molecule has 4 rings (SSSR count). The number of halogens is 1. The summed E-state index contributed by atoms with van der Waals surface area (Å²) in [7, 11) is 0. The van der Waals surface area contributed by atoms with E-state index in [4.69, 9.17) is 16.3 Å². The van der Waals surface area contributed by atoms with Gasteiger partial charge in [-0.25, -0.2) is 4.79 Å². The van der Waals surface area contributed by atoms with Crippen molar-refractivity contribution in [3.8, 4) is 0 Å². The van der Waals surface area contributed by atoms with Gasteiger partial charge in [0.1, 0.15) is 6.61 Å². The Hall–Kier alpha value is -2.63. The highest BCUT2D eigenvalue weighted by molar-refractivity contribution is 6.31. The third kappa shape index (κ3) is 4.26. The van der Waals surface area contributed by atoms with Gasteiger partial charge in [-0.1, -0.05) is 23.7 Å². The first-order valence-electron chi connectivity index (χ1n) is 9.50. The molecule has 144 valence electrons. The lowest BCUT2D eigenvalue weighted by atomic mass is 10.1. The minimum absolute atomic E-state index is 0.316. The maximum Gasteiger partial charge on any atom is 0.340 e. The van der Waals surface area contributed by atoms with E-state index < -0.39 is 0 Å². The Labute approximate surface area is 169 Å². The van der Waals surface area contributed by atoms with Crippen LogP contribution in [0.3, 0.4) is 0 Å². The summed E-state index contributed by atoms with van der Waals surface area (Å²) in [4.78, 5) is 19.3. The number of pyridine rings is 1. The minimum Gasteiger partial charge on any atom is -0.461 e. The molecule has 0 saturated carbocycles. The number of fused-ring (bicyclic) bond motifs is 1. The first-order valence-corrected chi connectivity index (χ1v) is 9.88. The zero-order valence-electron chi connectivity index (χ0n) is 15.5. The molecule has 28 heavy (non-hydrogen) atoms. The van der Waals surface area contributed by atoms with E-state index in [-0.39, 0.29) is 5.97 Å². The van der Waals surface area contributed by atoms with Gasteiger partial charge in [0.25, 0.3) is 0 Å². The van der Waals surface area contributed by atoms with Crippen molar-refractivity contribution in [2.45, 2.75) is 12.8 Å². The fourth-order valence-corrected chi connectivity index (χ4v) is 3.66. The molecule has 0 aliphatic carbocycles. The molecule has 0 bridgehead atoms. The molecule has 5 nitrogen and oxygen atoms in total. The molecule has 0 amide bonds. The number of carbonyl (C=O) groups is 1. The van der Waals surface area contributed by atoms with Gasteiger partial charge in [-0.15, -0.1) is 0 Å². The second-order valence-electron chi connectivity index (χ2n) is 6.88. The Kier molecular flexibility index (Phi) is 5.74. The molecule has 0 radical (unpaired) electrons. The van der Waals surface area contributed by atoms with E-state index in [0.29, 0.717) is 22.9 Å². The van der Waals surface area contributed by atoms with E-state index in [2.05, 4.69) is 15.2 Å². The van der Waals surface area contributed by atoms with Gasteiger partial charge in [0.05, 0.1) is 16.8 Å². The Bertz CT molecular complexity index is 986. The topological polar surface area (TPSA) is 54.5 Å². The van der Waals surface area contributed by atoms with Gasteiger partial charge in [0.2, 0.25) is 0 Å². The van der Waals surface area contributed by atoms with E-state index in [1.807, 2.05) is 42.5 Å². The molecular weight excluding hydrogens is 374 g/mol. The molecule has 1 saturated heterocycles. The van der Waals surface area contributed by atoms with E-state index in [1.165, 1.54) is 12.8 Å². The van der Waals surface area contributed by atoms with Gasteiger partial charge in [-0.05, 0) is 62.3 Å². The third-order valence-electron chi connectivity index (χ3n) is 4.96. The number of nitrogens with zero attached hydrogens (tertiary/aromatic N) is 2. The number of likely N-dealkylation sites (tertiary alicyclic amines) is 1. The molecule has 2 aromatic carbocycles. The highest BCUT2D eigenvalue weighted by Gasteiger charge is 2.15. The molecule has 0 atom stereocenters. The number of benzene rings is 2. The van der Waals surface area contributed by atoms with Crippen molar-refractivity contribution in [1.82, 2.24) is 9.88 Å². The van der Waals surface area contributed by atoms with Crippen LogP contribution in [0, 0.1) is 0 Å². The fraction of sp³-hybridized carbons (Fsp3) is 0.273. The summed E-state index contributed by atoms with van der Waals surface area (Å²) in [6.07, 6.45) is 4.18. The smallest absolute Gasteiger partial charge is 0.340 e. The van der Waals surface area contributed by atoms with Crippen molar-refractivity contribution in [3.05, 3.63) is 65.3 Å². The molecule has 3 aromatic rings. The van der Waals surface area contributed by atoms with Gasteiger partial charge in [0.15, 0.2) is 0 Å². The van der Waals surface area contributed by atoms with Crippen LogP contribution in [0.5, 0.6) is 0 Å². The molecule has 1 aromatic heterocycles. The van der Waals surface area contributed by atoms with Crippen LogP contribution in [-0.4, -0.2) is 42.1 Å². The Balaban J connectivity index is 1.51. The molecule has 2 heterocycles. The number of ether oxygens (including phenoxy) is 1. The summed E-state index contributed by atoms with van der Waals surface area (Å²) < 4.78 is 5.52. The Morgan fingerprint density at radius 1 is 1.11 bits per heavy atom. The average Bonchev–Trinajstić information content (AvgIpc) is 3.22. The lowest BCUT2D eigenvalue weighted by molar-refractivity contribution is 0.0473. The normalized spacial score (nSPS) is 14.3. The number of hydrogen-bond acceptors (Lipinski definition) is 5. The number of aromatic nitrogens is 1. The quantitative estimate of drug-likeness (QED) is 0.602. The van der Waals surface area contributed by atoms with Crippen LogP contribution in [0.4, 0.5) is 11.4 Å². The third-order valence-corrected chi connectivity index (χ3v) is 5.20. The highest BCUT2D eigenvalue weighted by Crippen LogP contribution is 2.28. The summed E-state index contributed by atoms with van der Waals surface area (Å²) in [5.41, 5.74) is 2.88. The van der Waals surface area contributed by atoms with E-state index in [0.717, 1.165) is 36.2 Å². The monoisotopic (exact) mass is 395 g/mol. The zero-order chi connectivity index (χ0) is 19.3. The first kappa shape index (κ1) is 18.7. The largest absolute Gasteiger partial charge is 0.461 e. The second-order valence-corrected chi connectivity index (χ2v) is 7.31. The number of para-hydroxylation sites is 1. The first-order chi connectivity index (χ1) is 13.7. The lowest BCUT2D eigenvalue weighted by Gasteiger charge is -2.16. The van der Waals surface area contributed by atoms with Crippen LogP contribution >= 0.6 is 11.6 Å². The number of hydrogen-bond donors (Lipinski definition) is 1. The molecule has 1 N–H and O–H groups in total. The molecule has 0 spiro atoms. The molecule has 1 fully saturated rings. The van der Waals surface area contributed by atoms with Crippen LogP contribution < -0.4 is 5.32 Å². The Morgan fingerprint density at radius 3 is 2.79 bits per heavy atom. The number of carbonyl (C=O) groups excluding carboxylic acids is 1. The Morgan fingerprint density at radius 2 is 1.93 bits per heavy atom. The van der Waals surface area contributed by atoms with E-state index in [9.17, 15) is 4.79 Å². The van der Waals surface area contributed by atoms with Crippen molar-refractivity contribution in [2.75, 3.05) is 31.6 Å². The van der Waals surface area contributed by atoms with Gasteiger partial charge in [-0.2, -0.15) is 0 Å². The van der Waals surface area contributed by atoms with Gasteiger partial charge < -0.3 is 10.1 Å². The molecule has 0 unspecified atom stereocenters. The number of esters is 1. The van der Waals surface area contributed by atoms with Crippen molar-refractivity contribution >= 4 is 39.8 Å². The summed E-state index contributed by atoms with van der Waals surface area (Å²) in [5.74, 6) is -0.316. The summed E-state index contributed by atoms with van der Waals surface area (Å²) in [6, 6.07) is 14.8. The van der Waals surface area contributed by atoms with Crippen LogP contribution in [0.25, 0.3) is 10.9 Å². The van der Waals surface area contributed by atoms with Crippen molar-refractivity contribution in [1.29, 1.82) is 0 Å². The predicted molar refractivity (Wildman–Crippen MR) is 112 cm³/mol. The van der Waals surface area contributed by atoms with E-state index in [1.54, 1.807) is 12.3 Å². The number of anilines is 2. The lowest BCUT2D eigenvalue weighted by Crippen LogP contribution is -2.25. The molecule has 1 aliphatic heterocycles. The predicted octanol–water partition coefficient (Wildman–Crippen LogP) is 4.88. The summed E-state index contributed by atoms with van der Waals surface area (Å²) in [5, 5.41) is 4.93. The van der Waals surface area contributed by atoms with Gasteiger partial charge >= 0.3 is 5.97 Å². The number of rotatable bonds is 6. The standard InChI is InChI=1S/C22H22ClN3O2/c23-16-7-8-17-20(9-10-24-21(17)15-16)25-19-6-2-1-5-18(19)22(27)28-14-13-26-11-3-4-12-26/h1-2,5-10,15H,3-4,11-14H2,(H,24,25). The van der Waals surface area contributed by atoms with Gasteiger partial charge in [-0.3, -0.25) is 9.88 Å². The fourth-order valence-electron chi connectivity index (χ4n) is 3.50. The van der Waals surface area contributed by atoms with Crippen LogP contribution in [0.1, 0.15) is 23.2 Å². The molecule has 6 heteroatoms. The highest BCUT2D eigenvalue weighted by atomic mass is 35.5. The summed E-state index contributed by atoms with van der Waals surface area (Å²) in [6.45, 7) is 3.38. The van der Waals surface area contributed by atoms with Crippen LogP contribution in [0.15, 0.2) is 54.7 Å². The average molecular weight is 396 g/mol. The zero-order valence-corrected chi connectivity index (χ0v) is 16.3.